The summed E-state index contributed by atoms with van der Waals surface area (Å²) in [7, 11) is -1.26. The lowest BCUT2D eigenvalue weighted by atomic mass is 10.2. The van der Waals surface area contributed by atoms with E-state index in [0.29, 0.717) is 11.3 Å². The molecule has 0 N–H and O–H groups in total. The average Bonchev–Trinajstić information content (AvgIpc) is 2.84. The number of carbonyl (C=O) groups excluding carboxylic acids is 1. The van der Waals surface area contributed by atoms with E-state index in [1.54, 1.807) is 18.0 Å². The molecule has 2 heterocycles. The molecule has 0 aromatic carbocycles. The summed E-state index contributed by atoms with van der Waals surface area (Å²) in [4.78, 5) is 14.2. The van der Waals surface area contributed by atoms with Gasteiger partial charge < -0.3 is 4.90 Å². The first-order valence-electron chi connectivity index (χ1n) is 5.01. The highest BCUT2D eigenvalue weighted by Crippen LogP contribution is 2.20. The molecule has 1 aliphatic rings. The molecule has 16 heavy (non-hydrogen) atoms. The van der Waals surface area contributed by atoms with Crippen molar-refractivity contribution in [1.29, 1.82) is 0 Å². The van der Waals surface area contributed by atoms with Crippen LogP contribution in [0.3, 0.4) is 0 Å². The normalized spacial score (nSPS) is 23.2. The van der Waals surface area contributed by atoms with Gasteiger partial charge in [-0.25, -0.2) is 8.42 Å². The van der Waals surface area contributed by atoms with Gasteiger partial charge >= 0.3 is 0 Å². The zero-order valence-corrected chi connectivity index (χ0v) is 10.6. The Hall–Kier alpha value is -0.880. The summed E-state index contributed by atoms with van der Waals surface area (Å²) >= 11 is 1.38. The molecule has 0 unspecified atom stereocenters. The van der Waals surface area contributed by atoms with Crippen LogP contribution in [0.15, 0.2) is 17.5 Å². The van der Waals surface area contributed by atoms with Gasteiger partial charge in [-0.15, -0.1) is 11.3 Å². The van der Waals surface area contributed by atoms with Gasteiger partial charge in [-0.1, -0.05) is 6.07 Å². The van der Waals surface area contributed by atoms with Gasteiger partial charge in [-0.05, 0) is 17.9 Å². The van der Waals surface area contributed by atoms with E-state index >= 15 is 0 Å². The molecule has 1 amide bonds. The molecule has 1 aromatic heterocycles. The fourth-order valence-corrected chi connectivity index (χ4v) is 4.30. The number of sulfone groups is 1. The first-order valence-corrected chi connectivity index (χ1v) is 7.71. The lowest BCUT2D eigenvalue weighted by Gasteiger charge is -2.22. The van der Waals surface area contributed by atoms with Crippen LogP contribution in [0.2, 0.25) is 0 Å². The number of hydrogen-bond acceptors (Lipinski definition) is 4. The monoisotopic (exact) mass is 259 g/mol. The molecule has 1 aliphatic heterocycles. The van der Waals surface area contributed by atoms with Crippen LogP contribution in [0.5, 0.6) is 0 Å². The van der Waals surface area contributed by atoms with E-state index in [4.69, 9.17) is 0 Å². The van der Waals surface area contributed by atoms with E-state index in [1.165, 1.54) is 11.3 Å². The van der Waals surface area contributed by atoms with Crippen LogP contribution in [0.25, 0.3) is 0 Å². The minimum absolute atomic E-state index is 0.0860. The number of amides is 1. The van der Waals surface area contributed by atoms with Crippen molar-refractivity contribution in [3.8, 4) is 0 Å². The Morgan fingerprint density at radius 2 is 2.31 bits per heavy atom. The molecule has 6 heteroatoms. The van der Waals surface area contributed by atoms with E-state index in [-0.39, 0.29) is 23.5 Å². The van der Waals surface area contributed by atoms with Crippen molar-refractivity contribution in [2.45, 2.75) is 12.5 Å². The predicted octanol–water partition coefficient (Wildman–Crippen LogP) is 1.01. The number of thiophene rings is 1. The van der Waals surface area contributed by atoms with Crippen LogP contribution in [0.1, 0.15) is 16.1 Å². The number of hydrogen-bond donors (Lipinski definition) is 0. The second-order valence-corrected chi connectivity index (χ2v) is 7.13. The van der Waals surface area contributed by atoms with Crippen LogP contribution in [-0.2, 0) is 9.84 Å². The molecule has 1 saturated heterocycles. The second kappa shape index (κ2) is 4.18. The summed E-state index contributed by atoms with van der Waals surface area (Å²) in [6.07, 6.45) is 0.552. The van der Waals surface area contributed by atoms with Crippen molar-refractivity contribution in [2.75, 3.05) is 18.6 Å². The van der Waals surface area contributed by atoms with Gasteiger partial charge in [-0.2, -0.15) is 0 Å². The Labute approximate surface area is 98.8 Å². The molecule has 2 rings (SSSR count). The summed E-state index contributed by atoms with van der Waals surface area (Å²) in [5, 5.41) is 1.84. The Kier molecular flexibility index (Phi) is 3.03. The maximum Gasteiger partial charge on any atom is 0.263 e. The molecule has 0 spiro atoms. The number of carbonyl (C=O) groups is 1. The second-order valence-electron chi connectivity index (χ2n) is 3.95. The molecule has 0 saturated carbocycles. The number of nitrogens with zero attached hydrogens (tertiary/aromatic N) is 1. The summed E-state index contributed by atoms with van der Waals surface area (Å²) in [6, 6.07) is 3.41. The summed E-state index contributed by atoms with van der Waals surface area (Å²) in [6.45, 7) is 0. The van der Waals surface area contributed by atoms with Gasteiger partial charge in [-0.3, -0.25) is 4.79 Å². The molecule has 88 valence electrons. The first kappa shape index (κ1) is 11.6. The zero-order valence-electron chi connectivity index (χ0n) is 8.92. The van der Waals surface area contributed by atoms with Crippen LogP contribution in [0.4, 0.5) is 0 Å². The van der Waals surface area contributed by atoms with Crippen molar-refractivity contribution in [1.82, 2.24) is 4.90 Å². The van der Waals surface area contributed by atoms with E-state index in [9.17, 15) is 13.2 Å². The lowest BCUT2D eigenvalue weighted by Crippen LogP contribution is -2.37. The van der Waals surface area contributed by atoms with Crippen LogP contribution in [-0.4, -0.2) is 43.8 Å². The molecular formula is C10H13NO3S2. The highest BCUT2D eigenvalue weighted by atomic mass is 32.2. The van der Waals surface area contributed by atoms with E-state index in [1.807, 2.05) is 11.4 Å². The van der Waals surface area contributed by atoms with Gasteiger partial charge in [0, 0.05) is 13.1 Å². The molecule has 1 aromatic rings. The molecule has 0 bridgehead atoms. The fourth-order valence-electron chi connectivity index (χ4n) is 1.82. The third kappa shape index (κ3) is 2.27. The molecule has 4 nitrogen and oxygen atoms in total. The lowest BCUT2D eigenvalue weighted by molar-refractivity contribution is 0.0752. The van der Waals surface area contributed by atoms with Crippen molar-refractivity contribution in [3.63, 3.8) is 0 Å². The summed E-state index contributed by atoms with van der Waals surface area (Å²) in [5.74, 6) is 0.206. The maximum atomic E-state index is 11.9. The topological polar surface area (TPSA) is 54.5 Å². The van der Waals surface area contributed by atoms with Gasteiger partial charge in [0.05, 0.1) is 16.4 Å². The minimum atomic E-state index is -2.93. The standard InChI is InChI=1S/C10H13NO3S2/c1-11(8-4-6-16(13,14)7-8)10(12)9-3-2-5-15-9/h2-3,5,8H,4,6-7H2,1H3/t8-/m0/s1. The van der Waals surface area contributed by atoms with Crippen LogP contribution >= 0.6 is 11.3 Å². The Balaban J connectivity index is 2.09. The number of rotatable bonds is 2. The van der Waals surface area contributed by atoms with E-state index in [2.05, 4.69) is 0 Å². The van der Waals surface area contributed by atoms with E-state index < -0.39 is 9.84 Å². The third-order valence-electron chi connectivity index (χ3n) is 2.81. The molecule has 1 fully saturated rings. The van der Waals surface area contributed by atoms with E-state index in [0.717, 1.165) is 0 Å². The third-order valence-corrected chi connectivity index (χ3v) is 5.42. The first-order chi connectivity index (χ1) is 7.49. The predicted molar refractivity (Wildman–Crippen MR) is 63.5 cm³/mol. The molecule has 0 aliphatic carbocycles. The Morgan fingerprint density at radius 3 is 2.81 bits per heavy atom. The zero-order chi connectivity index (χ0) is 11.8. The van der Waals surface area contributed by atoms with Crippen molar-refractivity contribution >= 4 is 27.1 Å². The van der Waals surface area contributed by atoms with Gasteiger partial charge in [0.25, 0.3) is 5.91 Å². The highest BCUT2D eigenvalue weighted by Gasteiger charge is 2.33. The van der Waals surface area contributed by atoms with Gasteiger partial charge in [0.1, 0.15) is 0 Å². The Bertz CT molecular complexity index is 478. The SMILES string of the molecule is CN(C(=O)c1cccs1)[C@H]1CCS(=O)(=O)C1. The quantitative estimate of drug-likeness (QED) is 0.796. The largest absolute Gasteiger partial charge is 0.337 e. The molecule has 0 radical (unpaired) electrons. The van der Waals surface area contributed by atoms with Crippen molar-refractivity contribution < 1.29 is 13.2 Å². The molecular weight excluding hydrogens is 246 g/mol. The van der Waals surface area contributed by atoms with Gasteiger partial charge in [0.2, 0.25) is 0 Å². The van der Waals surface area contributed by atoms with Crippen molar-refractivity contribution in [2.24, 2.45) is 0 Å². The minimum Gasteiger partial charge on any atom is -0.337 e. The maximum absolute atomic E-state index is 11.9. The van der Waals surface area contributed by atoms with Gasteiger partial charge in [0.15, 0.2) is 9.84 Å². The van der Waals surface area contributed by atoms with Crippen LogP contribution < -0.4 is 0 Å². The van der Waals surface area contributed by atoms with Crippen molar-refractivity contribution in [3.05, 3.63) is 22.4 Å². The fraction of sp³-hybridized carbons (Fsp3) is 0.500. The Morgan fingerprint density at radius 1 is 1.56 bits per heavy atom. The van der Waals surface area contributed by atoms with Crippen LogP contribution in [0, 0.1) is 0 Å². The molecule has 1 atom stereocenters. The summed E-state index contributed by atoms with van der Waals surface area (Å²) in [5.41, 5.74) is 0. The smallest absolute Gasteiger partial charge is 0.263 e. The summed E-state index contributed by atoms with van der Waals surface area (Å²) < 4.78 is 22.6. The highest BCUT2D eigenvalue weighted by molar-refractivity contribution is 7.91. The average molecular weight is 259 g/mol.